The number of amides is 2. The lowest BCUT2D eigenvalue weighted by molar-refractivity contribution is -0.139. The highest BCUT2D eigenvalue weighted by molar-refractivity contribution is 5.83. The third-order valence-electron chi connectivity index (χ3n) is 3.45. The molecule has 2 rings (SSSR count). The summed E-state index contributed by atoms with van der Waals surface area (Å²) < 4.78 is 1.50. The number of nitrogens with one attached hydrogen (secondary N) is 2. The normalized spacial score (nSPS) is 15.4. The second-order valence-electron chi connectivity index (χ2n) is 5.12. The summed E-state index contributed by atoms with van der Waals surface area (Å²) in [6.07, 6.45) is 9.42. The molecule has 1 aliphatic carbocycles. The molecule has 0 aromatic carbocycles. The van der Waals surface area contributed by atoms with E-state index in [1.165, 1.54) is 22.9 Å². The topological polar surface area (TPSA) is 96.2 Å². The number of carbonyl (C=O) groups excluding carboxylic acids is 1. The highest BCUT2D eigenvalue weighted by Gasteiger charge is 2.23. The number of nitrogens with zero attached hydrogens (tertiary/aromatic N) is 2. The number of aryl methyl sites for hydroxylation is 1. The van der Waals surface area contributed by atoms with Crippen molar-refractivity contribution < 1.29 is 14.7 Å². The molecule has 1 aromatic rings. The maximum atomic E-state index is 11.8. The van der Waals surface area contributed by atoms with Crippen LogP contribution in [0, 0.1) is 0 Å². The van der Waals surface area contributed by atoms with Crippen LogP contribution in [0.4, 0.5) is 4.79 Å². The second kappa shape index (κ2) is 6.92. The maximum absolute atomic E-state index is 11.8. The van der Waals surface area contributed by atoms with Crippen LogP contribution in [0.5, 0.6) is 0 Å². The van der Waals surface area contributed by atoms with E-state index in [1.54, 1.807) is 13.2 Å². The van der Waals surface area contributed by atoms with Crippen molar-refractivity contribution in [3.8, 4) is 0 Å². The Bertz CT molecular complexity index is 550. The summed E-state index contributed by atoms with van der Waals surface area (Å²) in [6.45, 7) is 0.511. The zero-order valence-corrected chi connectivity index (χ0v) is 12.0. The van der Waals surface area contributed by atoms with Crippen LogP contribution in [-0.4, -0.2) is 33.4 Å². The van der Waals surface area contributed by atoms with E-state index in [0.717, 1.165) is 19.3 Å². The SMILES string of the molecule is Cn1cc(C(NC(=O)NCCC2=CCCC2)C(=O)O)cn1. The Hall–Kier alpha value is -2.31. The number of hydrogen-bond acceptors (Lipinski definition) is 3. The van der Waals surface area contributed by atoms with Gasteiger partial charge in [0.05, 0.1) is 6.20 Å². The van der Waals surface area contributed by atoms with Gasteiger partial charge >= 0.3 is 12.0 Å². The monoisotopic (exact) mass is 292 g/mol. The quantitative estimate of drug-likeness (QED) is 0.689. The van der Waals surface area contributed by atoms with Crippen LogP contribution in [0.2, 0.25) is 0 Å². The van der Waals surface area contributed by atoms with E-state index in [4.69, 9.17) is 0 Å². The molecule has 2 amide bonds. The smallest absolute Gasteiger partial charge is 0.331 e. The largest absolute Gasteiger partial charge is 0.479 e. The lowest BCUT2D eigenvalue weighted by Gasteiger charge is -2.14. The molecule has 1 aliphatic rings. The first kappa shape index (κ1) is 15.1. The molecule has 0 spiro atoms. The van der Waals surface area contributed by atoms with Crippen molar-refractivity contribution in [3.05, 3.63) is 29.6 Å². The van der Waals surface area contributed by atoms with Crippen LogP contribution in [0.15, 0.2) is 24.0 Å². The van der Waals surface area contributed by atoms with Crippen molar-refractivity contribution in [1.29, 1.82) is 0 Å². The van der Waals surface area contributed by atoms with Gasteiger partial charge in [-0.15, -0.1) is 0 Å². The Morgan fingerprint density at radius 3 is 2.90 bits per heavy atom. The van der Waals surface area contributed by atoms with Crippen LogP contribution in [0.1, 0.15) is 37.3 Å². The predicted molar refractivity (Wildman–Crippen MR) is 76.7 cm³/mol. The molecule has 0 saturated carbocycles. The van der Waals surface area contributed by atoms with Gasteiger partial charge in [0.1, 0.15) is 0 Å². The molecule has 1 aromatic heterocycles. The first-order valence-electron chi connectivity index (χ1n) is 7.00. The van der Waals surface area contributed by atoms with Crippen LogP contribution in [0.3, 0.4) is 0 Å². The number of carboxylic acids is 1. The highest BCUT2D eigenvalue weighted by atomic mass is 16.4. The van der Waals surface area contributed by atoms with Crippen molar-refractivity contribution in [3.63, 3.8) is 0 Å². The number of carbonyl (C=O) groups is 2. The van der Waals surface area contributed by atoms with Gasteiger partial charge in [-0.3, -0.25) is 4.68 Å². The number of aliphatic carboxylic acids is 1. The minimum atomic E-state index is -1.11. The van der Waals surface area contributed by atoms with E-state index in [0.29, 0.717) is 12.1 Å². The van der Waals surface area contributed by atoms with Gasteiger partial charge in [0.25, 0.3) is 0 Å². The van der Waals surface area contributed by atoms with E-state index >= 15 is 0 Å². The third-order valence-corrected chi connectivity index (χ3v) is 3.45. The van der Waals surface area contributed by atoms with Crippen LogP contribution in [-0.2, 0) is 11.8 Å². The van der Waals surface area contributed by atoms with E-state index in [-0.39, 0.29) is 0 Å². The summed E-state index contributed by atoms with van der Waals surface area (Å²) >= 11 is 0. The molecule has 21 heavy (non-hydrogen) atoms. The van der Waals surface area contributed by atoms with Crippen LogP contribution in [0.25, 0.3) is 0 Å². The Morgan fingerprint density at radius 2 is 2.33 bits per heavy atom. The van der Waals surface area contributed by atoms with Gasteiger partial charge in [-0.25, -0.2) is 9.59 Å². The summed E-state index contributed by atoms with van der Waals surface area (Å²) in [5.74, 6) is -1.11. The Kier molecular flexibility index (Phi) is 4.97. The molecule has 0 aliphatic heterocycles. The fourth-order valence-electron chi connectivity index (χ4n) is 2.36. The highest BCUT2D eigenvalue weighted by Crippen LogP contribution is 2.19. The van der Waals surface area contributed by atoms with Crippen molar-refractivity contribution >= 4 is 12.0 Å². The number of aromatic nitrogens is 2. The number of urea groups is 1. The maximum Gasteiger partial charge on any atom is 0.331 e. The summed E-state index contributed by atoms with van der Waals surface area (Å²) in [5, 5.41) is 18.2. The molecule has 3 N–H and O–H groups in total. The van der Waals surface area contributed by atoms with E-state index in [9.17, 15) is 14.7 Å². The second-order valence-corrected chi connectivity index (χ2v) is 5.12. The van der Waals surface area contributed by atoms with Crippen LogP contribution >= 0.6 is 0 Å². The standard InChI is InChI=1S/C14H20N4O3/c1-18-9-11(8-16-18)12(13(19)20)17-14(21)15-7-6-10-4-2-3-5-10/h4,8-9,12H,2-3,5-7H2,1H3,(H,19,20)(H2,15,17,21). The first-order valence-corrected chi connectivity index (χ1v) is 7.00. The molecular formula is C14H20N4O3. The molecule has 0 radical (unpaired) electrons. The van der Waals surface area contributed by atoms with Crippen molar-refractivity contribution in [1.82, 2.24) is 20.4 Å². The van der Waals surface area contributed by atoms with Crippen molar-refractivity contribution in [2.75, 3.05) is 6.54 Å². The van der Waals surface area contributed by atoms with Gasteiger partial charge in [0.2, 0.25) is 0 Å². The number of rotatable bonds is 6. The van der Waals surface area contributed by atoms with Gasteiger partial charge in [-0.1, -0.05) is 11.6 Å². The molecule has 0 bridgehead atoms. The Morgan fingerprint density at radius 1 is 1.52 bits per heavy atom. The lowest BCUT2D eigenvalue weighted by Crippen LogP contribution is -2.41. The molecule has 1 heterocycles. The first-order chi connectivity index (χ1) is 10.1. The summed E-state index contributed by atoms with van der Waals surface area (Å²) in [5.41, 5.74) is 1.80. The van der Waals surface area contributed by atoms with Gasteiger partial charge in [-0.2, -0.15) is 5.10 Å². The average Bonchev–Trinajstić information content (AvgIpc) is 3.07. The van der Waals surface area contributed by atoms with Crippen molar-refractivity contribution in [2.24, 2.45) is 7.05 Å². The molecule has 7 nitrogen and oxygen atoms in total. The van der Waals surface area contributed by atoms with Crippen LogP contribution < -0.4 is 10.6 Å². The fraction of sp³-hybridized carbons (Fsp3) is 0.500. The lowest BCUT2D eigenvalue weighted by atomic mass is 10.1. The Labute approximate surface area is 123 Å². The molecule has 0 saturated heterocycles. The number of carboxylic acid groups (broad SMARTS) is 1. The van der Waals surface area contributed by atoms with Crippen molar-refractivity contribution in [2.45, 2.75) is 31.7 Å². The molecule has 1 atom stereocenters. The van der Waals surface area contributed by atoms with Gasteiger partial charge < -0.3 is 15.7 Å². The van der Waals surface area contributed by atoms with E-state index < -0.39 is 18.0 Å². The minimum Gasteiger partial charge on any atom is -0.479 e. The molecule has 7 heteroatoms. The van der Waals surface area contributed by atoms with Gasteiger partial charge in [0.15, 0.2) is 6.04 Å². The Balaban J connectivity index is 1.82. The molecule has 1 unspecified atom stereocenters. The van der Waals surface area contributed by atoms with E-state index in [2.05, 4.69) is 21.8 Å². The number of hydrogen-bond donors (Lipinski definition) is 3. The van der Waals surface area contributed by atoms with E-state index in [1.807, 2.05) is 0 Å². The predicted octanol–water partition coefficient (Wildman–Crippen LogP) is 1.35. The minimum absolute atomic E-state index is 0.443. The summed E-state index contributed by atoms with van der Waals surface area (Å²) in [7, 11) is 1.69. The molecule has 0 fully saturated rings. The average molecular weight is 292 g/mol. The van der Waals surface area contributed by atoms with Gasteiger partial charge in [-0.05, 0) is 25.7 Å². The summed E-state index contributed by atoms with van der Waals surface area (Å²) in [4.78, 5) is 23.0. The fourth-order valence-corrected chi connectivity index (χ4v) is 2.36. The van der Waals surface area contributed by atoms with Gasteiger partial charge in [0, 0.05) is 25.4 Å². The molecule has 114 valence electrons. The molecular weight excluding hydrogens is 272 g/mol. The third kappa shape index (κ3) is 4.34. The number of allylic oxidation sites excluding steroid dienone is 1. The zero-order valence-electron chi connectivity index (χ0n) is 12.0. The summed E-state index contributed by atoms with van der Waals surface area (Å²) in [6, 6.07) is -1.57. The zero-order chi connectivity index (χ0) is 15.2.